The molecule has 0 fully saturated rings. The molecule has 124 valence electrons. The summed E-state index contributed by atoms with van der Waals surface area (Å²) < 4.78 is 30.1. The number of benzene rings is 1. The molecule has 0 spiro atoms. The van der Waals surface area contributed by atoms with E-state index in [1.807, 2.05) is 30.3 Å². The van der Waals surface area contributed by atoms with Gasteiger partial charge >= 0.3 is 0 Å². The second kappa shape index (κ2) is 9.30. The van der Waals surface area contributed by atoms with Crippen molar-refractivity contribution in [3.63, 3.8) is 0 Å². The third-order valence-corrected chi connectivity index (χ3v) is 4.16. The van der Waals surface area contributed by atoms with Gasteiger partial charge in [0.25, 0.3) is 10.1 Å². The quantitative estimate of drug-likeness (QED) is 0.529. The van der Waals surface area contributed by atoms with E-state index in [2.05, 4.69) is 25.2 Å². The Morgan fingerprint density at radius 1 is 1.27 bits per heavy atom. The molecule has 22 heavy (non-hydrogen) atoms. The van der Waals surface area contributed by atoms with Crippen LogP contribution in [-0.4, -0.2) is 31.3 Å². The van der Waals surface area contributed by atoms with E-state index in [9.17, 15) is 8.42 Å². The van der Waals surface area contributed by atoms with Crippen LogP contribution in [0.2, 0.25) is 5.02 Å². The zero-order valence-corrected chi connectivity index (χ0v) is 14.6. The highest BCUT2D eigenvalue weighted by molar-refractivity contribution is 7.85. The highest BCUT2D eigenvalue weighted by Crippen LogP contribution is 2.12. The molecule has 0 radical (unpaired) electrons. The molecule has 0 aliphatic carbocycles. The second-order valence-electron chi connectivity index (χ2n) is 5.74. The minimum atomic E-state index is -3.87. The van der Waals surface area contributed by atoms with E-state index in [-0.39, 0.29) is 11.8 Å². The van der Waals surface area contributed by atoms with E-state index >= 15 is 0 Å². The van der Waals surface area contributed by atoms with Crippen LogP contribution in [0, 0.1) is 5.92 Å². The summed E-state index contributed by atoms with van der Waals surface area (Å²) in [7, 11) is -3.87. The van der Waals surface area contributed by atoms with Gasteiger partial charge in [-0.1, -0.05) is 49.7 Å². The lowest BCUT2D eigenvalue weighted by molar-refractivity contribution is 0.462. The third kappa shape index (κ3) is 9.20. The minimum absolute atomic E-state index is 0.164. The highest BCUT2D eigenvalue weighted by atomic mass is 35.5. The van der Waals surface area contributed by atoms with Crippen molar-refractivity contribution in [3.05, 3.63) is 40.9 Å². The summed E-state index contributed by atoms with van der Waals surface area (Å²) in [5, 5.41) is 4.02. The monoisotopic (exact) mass is 345 g/mol. The molecule has 4 nitrogen and oxygen atoms in total. The van der Waals surface area contributed by atoms with Crippen molar-refractivity contribution in [2.24, 2.45) is 5.92 Å². The first kappa shape index (κ1) is 19.2. The fraction of sp³-hybridized carbons (Fsp3) is 0.500. The average molecular weight is 346 g/mol. The standard InChI is InChI=1S/C16H24ClNO3S/c1-13(2)12-16(18-10-3-11-22(19,20)21)9-6-14-4-7-15(17)8-5-14/h4-9,13,16,18H,3,10-12H2,1-2H3,(H,19,20,21)/b9-6+/t16-/m0/s1. The first-order valence-corrected chi connectivity index (χ1v) is 9.37. The lowest BCUT2D eigenvalue weighted by Gasteiger charge is -2.17. The van der Waals surface area contributed by atoms with Gasteiger partial charge in [-0.25, -0.2) is 0 Å². The predicted octanol–water partition coefficient (Wildman–Crippen LogP) is 3.64. The smallest absolute Gasteiger partial charge is 0.264 e. The van der Waals surface area contributed by atoms with Gasteiger partial charge in [0, 0.05) is 11.1 Å². The Labute approximate surface area is 138 Å². The number of hydrogen-bond acceptors (Lipinski definition) is 3. The fourth-order valence-corrected chi connectivity index (χ4v) is 2.72. The molecule has 0 saturated heterocycles. The Balaban J connectivity index is 2.54. The predicted molar refractivity (Wildman–Crippen MR) is 92.8 cm³/mol. The lowest BCUT2D eigenvalue weighted by atomic mass is 10.0. The van der Waals surface area contributed by atoms with Crippen molar-refractivity contribution in [2.45, 2.75) is 32.7 Å². The molecule has 0 unspecified atom stereocenters. The Morgan fingerprint density at radius 2 is 1.91 bits per heavy atom. The zero-order chi connectivity index (χ0) is 16.6. The maximum atomic E-state index is 10.7. The molecule has 1 rings (SSSR count). The Morgan fingerprint density at radius 3 is 2.45 bits per heavy atom. The topological polar surface area (TPSA) is 66.4 Å². The molecule has 1 aromatic carbocycles. The van der Waals surface area contributed by atoms with Gasteiger partial charge in [0.05, 0.1) is 5.75 Å². The molecular weight excluding hydrogens is 322 g/mol. The molecule has 6 heteroatoms. The first-order chi connectivity index (χ1) is 10.3. The first-order valence-electron chi connectivity index (χ1n) is 7.38. The van der Waals surface area contributed by atoms with Crippen molar-refractivity contribution >= 4 is 27.8 Å². The summed E-state index contributed by atoms with van der Waals surface area (Å²) in [6.07, 6.45) is 5.45. The van der Waals surface area contributed by atoms with Crippen LogP contribution >= 0.6 is 11.6 Å². The van der Waals surface area contributed by atoms with Crippen LogP contribution in [0.5, 0.6) is 0 Å². The van der Waals surface area contributed by atoms with Gasteiger partial charge in [-0.15, -0.1) is 0 Å². The van der Waals surface area contributed by atoms with E-state index in [0.717, 1.165) is 12.0 Å². The molecule has 0 aromatic heterocycles. The van der Waals surface area contributed by atoms with E-state index in [0.29, 0.717) is 23.9 Å². The molecule has 0 aliphatic rings. The maximum absolute atomic E-state index is 10.7. The molecule has 1 aromatic rings. The number of halogens is 1. The molecule has 0 heterocycles. The summed E-state index contributed by atoms with van der Waals surface area (Å²) in [4.78, 5) is 0. The van der Waals surface area contributed by atoms with Crippen LogP contribution in [-0.2, 0) is 10.1 Å². The van der Waals surface area contributed by atoms with Crippen LogP contribution in [0.15, 0.2) is 30.3 Å². The molecule has 0 saturated carbocycles. The normalized spacial score (nSPS) is 13.9. The molecule has 1 atom stereocenters. The summed E-state index contributed by atoms with van der Waals surface area (Å²) in [5.41, 5.74) is 1.07. The van der Waals surface area contributed by atoms with E-state index in [1.165, 1.54) is 0 Å². The third-order valence-electron chi connectivity index (χ3n) is 3.10. The van der Waals surface area contributed by atoms with Gasteiger partial charge < -0.3 is 5.32 Å². The van der Waals surface area contributed by atoms with Gasteiger partial charge in [-0.2, -0.15) is 8.42 Å². The van der Waals surface area contributed by atoms with Crippen LogP contribution in [0.4, 0.5) is 0 Å². The molecule has 2 N–H and O–H groups in total. The van der Waals surface area contributed by atoms with Crippen molar-refractivity contribution in [3.8, 4) is 0 Å². The van der Waals surface area contributed by atoms with Crippen LogP contribution in [0.25, 0.3) is 6.08 Å². The van der Waals surface area contributed by atoms with Gasteiger partial charge in [0.2, 0.25) is 0 Å². The van der Waals surface area contributed by atoms with E-state index < -0.39 is 10.1 Å². The Kier molecular flexibility index (Phi) is 8.10. The van der Waals surface area contributed by atoms with Crippen molar-refractivity contribution < 1.29 is 13.0 Å². The van der Waals surface area contributed by atoms with Gasteiger partial charge in [0.1, 0.15) is 0 Å². The van der Waals surface area contributed by atoms with E-state index in [1.54, 1.807) is 0 Å². The molecule has 0 bridgehead atoms. The Bertz CT molecular complexity index is 568. The lowest BCUT2D eigenvalue weighted by Crippen LogP contribution is -2.30. The maximum Gasteiger partial charge on any atom is 0.264 e. The van der Waals surface area contributed by atoms with Crippen LogP contribution < -0.4 is 5.32 Å². The summed E-state index contributed by atoms with van der Waals surface area (Å²) in [6, 6.07) is 7.75. The molecular formula is C16H24ClNO3S. The largest absolute Gasteiger partial charge is 0.310 e. The van der Waals surface area contributed by atoms with Crippen molar-refractivity contribution in [2.75, 3.05) is 12.3 Å². The van der Waals surface area contributed by atoms with Crippen LogP contribution in [0.3, 0.4) is 0 Å². The second-order valence-corrected chi connectivity index (χ2v) is 7.75. The fourth-order valence-electron chi connectivity index (χ4n) is 2.08. The number of nitrogens with one attached hydrogen (secondary N) is 1. The average Bonchev–Trinajstić information content (AvgIpc) is 2.40. The molecule has 0 aliphatic heterocycles. The van der Waals surface area contributed by atoms with Crippen LogP contribution in [0.1, 0.15) is 32.3 Å². The number of rotatable bonds is 9. The zero-order valence-electron chi connectivity index (χ0n) is 13.0. The SMILES string of the molecule is CC(C)C[C@H](/C=C/c1ccc(Cl)cc1)NCCCS(=O)(=O)O. The van der Waals surface area contributed by atoms with Crippen molar-refractivity contribution in [1.82, 2.24) is 5.32 Å². The van der Waals surface area contributed by atoms with Gasteiger partial charge in [0.15, 0.2) is 0 Å². The number of hydrogen-bond donors (Lipinski definition) is 2. The summed E-state index contributed by atoms with van der Waals surface area (Å²) >= 11 is 5.86. The van der Waals surface area contributed by atoms with E-state index in [4.69, 9.17) is 16.2 Å². The minimum Gasteiger partial charge on any atom is -0.310 e. The van der Waals surface area contributed by atoms with Gasteiger partial charge in [-0.05, 0) is 43.0 Å². The summed E-state index contributed by atoms with van der Waals surface area (Å²) in [6.45, 7) is 4.83. The molecule has 0 amide bonds. The van der Waals surface area contributed by atoms with Gasteiger partial charge in [-0.3, -0.25) is 4.55 Å². The summed E-state index contributed by atoms with van der Waals surface area (Å²) in [5.74, 6) is 0.309. The Hall–Kier alpha value is -0.880. The van der Waals surface area contributed by atoms with Crippen molar-refractivity contribution in [1.29, 1.82) is 0 Å². The highest BCUT2D eigenvalue weighted by Gasteiger charge is 2.08.